The van der Waals surface area contributed by atoms with Crippen LogP contribution in [0.3, 0.4) is 0 Å². The third-order valence-electron chi connectivity index (χ3n) is 6.46. The van der Waals surface area contributed by atoms with Gasteiger partial charge in [0.15, 0.2) is 0 Å². The fourth-order valence-corrected chi connectivity index (χ4v) is 5.38. The topological polar surface area (TPSA) is 41.7 Å². The van der Waals surface area contributed by atoms with Gasteiger partial charge in [-0.25, -0.2) is 0 Å². The number of hydrogen-bond donors (Lipinski definition) is 1. The molecule has 0 aromatic carbocycles. The smallest absolute Gasteiger partial charge is 0.0830 e. The second-order valence-electron chi connectivity index (χ2n) is 8.57. The third-order valence-corrected chi connectivity index (χ3v) is 6.46. The Morgan fingerprint density at radius 1 is 1.10 bits per heavy atom. The molecule has 2 bridgehead atoms. The van der Waals surface area contributed by atoms with Gasteiger partial charge in [-0.1, -0.05) is 0 Å². The number of rotatable bonds is 2. The minimum Gasteiger partial charge on any atom is -0.368 e. The van der Waals surface area contributed by atoms with Gasteiger partial charge in [0.05, 0.1) is 16.7 Å². The summed E-state index contributed by atoms with van der Waals surface area (Å²) in [6.45, 7) is 11.9. The van der Waals surface area contributed by atoms with E-state index in [9.17, 15) is 0 Å². The zero-order chi connectivity index (χ0) is 15.5. The van der Waals surface area contributed by atoms with Gasteiger partial charge in [-0.3, -0.25) is 9.80 Å². The quantitative estimate of drug-likeness (QED) is 0.844. The summed E-state index contributed by atoms with van der Waals surface area (Å²) in [7, 11) is 2.31. The standard InChI is InChI=1S/C17H33N3O/c1-15(2)11-17(12-18,16(3,4)21-15)20-9-8-13-6-7-14(10-20)19(13)5/h13-14H,6-12,18H2,1-5H3. The Balaban J connectivity index is 1.90. The van der Waals surface area contributed by atoms with Crippen molar-refractivity contribution < 1.29 is 4.74 Å². The molecule has 3 saturated heterocycles. The molecule has 0 aliphatic carbocycles. The molecule has 3 aliphatic heterocycles. The predicted molar refractivity (Wildman–Crippen MR) is 86.4 cm³/mol. The summed E-state index contributed by atoms with van der Waals surface area (Å²) in [6.07, 6.45) is 5.01. The number of nitrogens with zero attached hydrogens (tertiary/aromatic N) is 2. The first-order valence-electron chi connectivity index (χ1n) is 8.58. The summed E-state index contributed by atoms with van der Waals surface area (Å²) in [5.41, 5.74) is 6.05. The van der Waals surface area contributed by atoms with Crippen molar-refractivity contribution in [3.63, 3.8) is 0 Å². The van der Waals surface area contributed by atoms with Gasteiger partial charge >= 0.3 is 0 Å². The second kappa shape index (κ2) is 4.92. The highest BCUT2D eigenvalue weighted by Crippen LogP contribution is 2.49. The van der Waals surface area contributed by atoms with Crippen LogP contribution >= 0.6 is 0 Å². The highest BCUT2D eigenvalue weighted by Gasteiger charge is 2.60. The Kier molecular flexibility index (Phi) is 3.68. The zero-order valence-electron chi connectivity index (χ0n) is 14.5. The van der Waals surface area contributed by atoms with Crippen molar-refractivity contribution in [2.75, 3.05) is 26.7 Å². The van der Waals surface area contributed by atoms with Crippen LogP contribution in [0.4, 0.5) is 0 Å². The highest BCUT2D eigenvalue weighted by molar-refractivity contribution is 5.14. The maximum atomic E-state index is 6.41. The van der Waals surface area contributed by atoms with Crippen LogP contribution in [0.2, 0.25) is 0 Å². The summed E-state index contributed by atoms with van der Waals surface area (Å²) in [5, 5.41) is 0. The summed E-state index contributed by atoms with van der Waals surface area (Å²) >= 11 is 0. The second-order valence-corrected chi connectivity index (χ2v) is 8.57. The molecule has 3 rings (SSSR count). The first-order chi connectivity index (χ1) is 9.71. The minimum absolute atomic E-state index is 0.0260. The number of fused-ring (bicyclic) bond motifs is 2. The Morgan fingerprint density at radius 2 is 1.76 bits per heavy atom. The lowest BCUT2D eigenvalue weighted by atomic mass is 9.77. The van der Waals surface area contributed by atoms with E-state index in [1.54, 1.807) is 0 Å². The fraction of sp³-hybridized carbons (Fsp3) is 1.00. The molecule has 0 spiro atoms. The van der Waals surface area contributed by atoms with Gasteiger partial charge in [0.25, 0.3) is 0 Å². The average Bonchev–Trinajstić information content (AvgIpc) is 2.69. The van der Waals surface area contributed by atoms with Crippen LogP contribution in [0.25, 0.3) is 0 Å². The molecule has 122 valence electrons. The van der Waals surface area contributed by atoms with Crippen LogP contribution in [-0.2, 0) is 4.74 Å². The van der Waals surface area contributed by atoms with E-state index < -0.39 is 0 Å². The molecule has 3 fully saturated rings. The molecule has 3 aliphatic rings. The van der Waals surface area contributed by atoms with E-state index in [0.29, 0.717) is 12.6 Å². The van der Waals surface area contributed by atoms with E-state index in [-0.39, 0.29) is 16.7 Å². The average molecular weight is 295 g/mol. The highest BCUT2D eigenvalue weighted by atomic mass is 16.5. The maximum Gasteiger partial charge on any atom is 0.0830 e. The fourth-order valence-electron chi connectivity index (χ4n) is 5.38. The molecule has 3 atom stereocenters. The predicted octanol–water partition coefficient (Wildman–Crippen LogP) is 1.83. The van der Waals surface area contributed by atoms with Crippen molar-refractivity contribution in [3.05, 3.63) is 0 Å². The van der Waals surface area contributed by atoms with Gasteiger partial charge in [0.2, 0.25) is 0 Å². The molecular weight excluding hydrogens is 262 g/mol. The lowest BCUT2D eigenvalue weighted by molar-refractivity contribution is -0.105. The largest absolute Gasteiger partial charge is 0.368 e. The van der Waals surface area contributed by atoms with Gasteiger partial charge in [-0.15, -0.1) is 0 Å². The van der Waals surface area contributed by atoms with Crippen LogP contribution in [0.5, 0.6) is 0 Å². The molecule has 0 saturated carbocycles. The molecule has 3 unspecified atom stereocenters. The van der Waals surface area contributed by atoms with Gasteiger partial charge in [0, 0.05) is 31.7 Å². The lowest BCUT2D eigenvalue weighted by Crippen LogP contribution is -2.64. The molecule has 0 aromatic rings. The SMILES string of the molecule is CN1C2CCC1CN(C1(CN)CC(C)(C)OC1(C)C)CC2. The van der Waals surface area contributed by atoms with E-state index in [1.807, 2.05) is 0 Å². The van der Waals surface area contributed by atoms with E-state index >= 15 is 0 Å². The molecule has 2 N–H and O–H groups in total. The lowest BCUT2D eigenvalue weighted by Gasteiger charge is -2.48. The normalized spacial score (nSPS) is 43.1. The first-order valence-corrected chi connectivity index (χ1v) is 8.58. The summed E-state index contributed by atoms with van der Waals surface area (Å²) in [6, 6.07) is 1.47. The Bertz CT molecular complexity index is 409. The molecule has 0 aromatic heterocycles. The summed E-state index contributed by atoms with van der Waals surface area (Å²) < 4.78 is 6.41. The zero-order valence-corrected chi connectivity index (χ0v) is 14.5. The molecular formula is C17H33N3O. The number of likely N-dealkylation sites (N-methyl/N-ethyl adjacent to an activating group) is 1. The Morgan fingerprint density at radius 3 is 2.33 bits per heavy atom. The molecule has 3 heterocycles. The van der Waals surface area contributed by atoms with Crippen molar-refractivity contribution in [1.29, 1.82) is 0 Å². The third kappa shape index (κ3) is 2.35. The van der Waals surface area contributed by atoms with Crippen LogP contribution in [-0.4, -0.2) is 65.3 Å². The first kappa shape index (κ1) is 15.7. The van der Waals surface area contributed by atoms with Crippen molar-refractivity contribution in [3.8, 4) is 0 Å². The summed E-state index contributed by atoms with van der Waals surface area (Å²) in [4.78, 5) is 5.29. The van der Waals surface area contributed by atoms with E-state index in [2.05, 4.69) is 44.5 Å². The molecule has 0 radical (unpaired) electrons. The van der Waals surface area contributed by atoms with Crippen molar-refractivity contribution in [2.24, 2.45) is 5.73 Å². The Labute approximate surface area is 130 Å². The van der Waals surface area contributed by atoms with Crippen molar-refractivity contribution in [2.45, 2.75) is 82.2 Å². The maximum absolute atomic E-state index is 6.41. The van der Waals surface area contributed by atoms with Gasteiger partial charge in [-0.05, 0) is 60.4 Å². The number of hydrogen-bond acceptors (Lipinski definition) is 4. The monoisotopic (exact) mass is 295 g/mol. The summed E-state index contributed by atoms with van der Waals surface area (Å²) in [5.74, 6) is 0. The van der Waals surface area contributed by atoms with E-state index in [1.165, 1.54) is 19.3 Å². The van der Waals surface area contributed by atoms with E-state index in [4.69, 9.17) is 10.5 Å². The minimum atomic E-state index is -0.187. The van der Waals surface area contributed by atoms with Crippen molar-refractivity contribution in [1.82, 2.24) is 9.80 Å². The van der Waals surface area contributed by atoms with Crippen molar-refractivity contribution >= 4 is 0 Å². The van der Waals surface area contributed by atoms with Crippen LogP contribution in [0, 0.1) is 0 Å². The molecule has 0 amide bonds. The van der Waals surface area contributed by atoms with Gasteiger partial charge in [0.1, 0.15) is 0 Å². The Hall–Kier alpha value is -0.160. The van der Waals surface area contributed by atoms with Crippen LogP contribution in [0.1, 0.15) is 53.4 Å². The van der Waals surface area contributed by atoms with Gasteiger partial charge in [-0.2, -0.15) is 0 Å². The van der Waals surface area contributed by atoms with Crippen LogP contribution < -0.4 is 5.73 Å². The van der Waals surface area contributed by atoms with E-state index in [0.717, 1.165) is 25.6 Å². The number of nitrogens with two attached hydrogens (primary N) is 1. The van der Waals surface area contributed by atoms with Gasteiger partial charge < -0.3 is 10.5 Å². The molecule has 21 heavy (non-hydrogen) atoms. The number of ether oxygens (including phenoxy) is 1. The number of likely N-dealkylation sites (tertiary alicyclic amines) is 1. The van der Waals surface area contributed by atoms with Crippen LogP contribution in [0.15, 0.2) is 0 Å². The molecule has 4 heteroatoms. The molecule has 4 nitrogen and oxygen atoms in total.